The van der Waals surface area contributed by atoms with Gasteiger partial charge in [0, 0.05) is 77.9 Å². The number of hydrogen-bond acceptors (Lipinski definition) is 6. The summed E-state index contributed by atoms with van der Waals surface area (Å²) in [5.41, 5.74) is 6.89. The molecule has 1 amide bonds. The van der Waals surface area contributed by atoms with E-state index in [1.165, 1.54) is 5.56 Å². The van der Waals surface area contributed by atoms with E-state index in [2.05, 4.69) is 88.6 Å². The summed E-state index contributed by atoms with van der Waals surface area (Å²) in [5.74, 6) is 1.04. The topological polar surface area (TPSA) is 100 Å². The van der Waals surface area contributed by atoms with E-state index in [0.29, 0.717) is 46.0 Å². The first-order valence-electron chi connectivity index (χ1n) is 19.7. The molecule has 5 aromatic rings. The van der Waals surface area contributed by atoms with Crippen LogP contribution < -0.4 is 10.1 Å². The van der Waals surface area contributed by atoms with Gasteiger partial charge in [0.25, 0.3) is 5.91 Å². The van der Waals surface area contributed by atoms with Crippen LogP contribution in [0.3, 0.4) is 0 Å². The van der Waals surface area contributed by atoms with Crippen LogP contribution in [0.15, 0.2) is 126 Å². The lowest BCUT2D eigenvalue weighted by Gasteiger charge is -2.41. The number of ether oxygens (including phenoxy) is 2. The monoisotopic (exact) mass is 775 g/mol. The molecule has 0 aliphatic carbocycles. The molecule has 0 bridgehead atoms. The van der Waals surface area contributed by atoms with Crippen LogP contribution in [0.5, 0.6) is 5.75 Å². The third kappa shape index (κ3) is 11.0. The molecule has 0 saturated heterocycles. The van der Waals surface area contributed by atoms with Gasteiger partial charge >= 0.3 is 0 Å². The van der Waals surface area contributed by atoms with E-state index >= 15 is 0 Å². The van der Waals surface area contributed by atoms with Crippen LogP contribution >= 0.6 is 0 Å². The number of benzene rings is 3. The molecule has 0 fully saturated rings. The van der Waals surface area contributed by atoms with Crippen molar-refractivity contribution in [2.45, 2.75) is 76.2 Å². The van der Waals surface area contributed by atoms with Gasteiger partial charge in [-0.3, -0.25) is 18.2 Å². The number of aromatic nitrogens is 4. The van der Waals surface area contributed by atoms with Gasteiger partial charge in [-0.2, -0.15) is 5.10 Å². The van der Waals surface area contributed by atoms with E-state index in [0.717, 1.165) is 86.7 Å². The number of quaternary nitrogens is 1. The lowest BCUT2D eigenvalue weighted by molar-refractivity contribution is -0.887. The van der Waals surface area contributed by atoms with Gasteiger partial charge in [-0.05, 0) is 73.9 Å². The third-order valence-electron chi connectivity index (χ3n) is 10.1. The summed E-state index contributed by atoms with van der Waals surface area (Å²) in [5, 5.41) is 7.62. The number of aryl methyl sites for hydroxylation is 2. The largest absolute Gasteiger partial charge is 0.491 e. The molecule has 6 rings (SSSR count). The number of rotatable bonds is 19. The van der Waals surface area contributed by atoms with Crippen molar-refractivity contribution in [3.8, 4) is 5.75 Å². The second kappa shape index (κ2) is 20.2. The Bertz CT molecular complexity index is 2090. The molecule has 1 N–H and O–H groups in total. The van der Waals surface area contributed by atoms with Crippen LogP contribution in [0, 0.1) is 0 Å². The summed E-state index contributed by atoms with van der Waals surface area (Å²) in [4.78, 5) is 18.8. The molecule has 3 heterocycles. The molecule has 2 atom stereocenters. The molecular formula is C45H55N6O4S+. The third-order valence-corrected chi connectivity index (χ3v) is 11.4. The highest BCUT2D eigenvalue weighted by Gasteiger charge is 2.36. The van der Waals surface area contributed by atoms with Crippen molar-refractivity contribution in [2.24, 2.45) is 7.05 Å². The van der Waals surface area contributed by atoms with Crippen molar-refractivity contribution in [3.05, 3.63) is 144 Å². The van der Waals surface area contributed by atoms with Gasteiger partial charge in [0.2, 0.25) is 0 Å². The summed E-state index contributed by atoms with van der Waals surface area (Å²) in [6, 6.07) is 26.2. The summed E-state index contributed by atoms with van der Waals surface area (Å²) < 4.78 is 29.5. The maximum Gasteiger partial charge on any atom is 0.251 e. The van der Waals surface area contributed by atoms with E-state index in [-0.39, 0.29) is 5.91 Å². The predicted molar refractivity (Wildman–Crippen MR) is 223 cm³/mol. The van der Waals surface area contributed by atoms with Crippen LogP contribution in [0.4, 0.5) is 5.69 Å². The molecular weight excluding hydrogens is 721 g/mol. The number of carbonyl (C=O) groups excluding carboxylic acids is 1. The number of unbranched alkanes of at least 4 members (excludes halogenated alkanes) is 1. The summed E-state index contributed by atoms with van der Waals surface area (Å²) in [6.07, 6.45) is 16.3. The van der Waals surface area contributed by atoms with Crippen LogP contribution in [0.1, 0.15) is 68.3 Å². The first-order valence-corrected chi connectivity index (χ1v) is 21.1. The highest BCUT2D eigenvalue weighted by molar-refractivity contribution is 7.84. The minimum absolute atomic E-state index is 0.141. The molecule has 56 heavy (non-hydrogen) atoms. The van der Waals surface area contributed by atoms with Gasteiger partial charge in [0.15, 0.2) is 0 Å². The van der Waals surface area contributed by atoms with E-state index in [9.17, 15) is 9.00 Å². The molecule has 11 heteroatoms. The molecule has 1 aliphatic heterocycles. The fourth-order valence-electron chi connectivity index (χ4n) is 7.21. The zero-order chi connectivity index (χ0) is 39.2. The first kappa shape index (κ1) is 40.6. The minimum Gasteiger partial charge on any atom is -0.491 e. The Morgan fingerprint density at radius 1 is 0.893 bits per heavy atom. The molecule has 0 spiro atoms. The zero-order valence-corrected chi connectivity index (χ0v) is 33.8. The second-order valence-electron chi connectivity index (χ2n) is 14.4. The molecule has 10 nitrogen and oxygen atoms in total. The molecule has 0 saturated carbocycles. The highest BCUT2D eigenvalue weighted by atomic mass is 32.2. The first-order chi connectivity index (χ1) is 27.4. The number of carbonyl (C=O) groups is 1. The Hall–Kier alpha value is -5.10. The van der Waals surface area contributed by atoms with Gasteiger partial charge in [-0.25, -0.2) is 4.98 Å². The number of hydrogen-bond donors (Lipinski definition) is 1. The summed E-state index contributed by atoms with van der Waals surface area (Å²) >= 11 is 0. The van der Waals surface area contributed by atoms with Crippen LogP contribution in [-0.2, 0) is 52.8 Å². The lowest BCUT2D eigenvalue weighted by Crippen LogP contribution is -2.46. The maximum atomic E-state index is 13.9. The average Bonchev–Trinajstić information content (AvgIpc) is 3.83. The Morgan fingerprint density at radius 2 is 1.68 bits per heavy atom. The van der Waals surface area contributed by atoms with Gasteiger partial charge in [-0.15, -0.1) is 0 Å². The predicted octanol–water partition coefficient (Wildman–Crippen LogP) is 8.45. The van der Waals surface area contributed by atoms with Gasteiger partial charge in [0.05, 0.1) is 47.9 Å². The number of anilines is 1. The number of amides is 1. The van der Waals surface area contributed by atoms with Crippen molar-refractivity contribution in [1.29, 1.82) is 0 Å². The number of nitrogens with one attached hydrogen (secondary N) is 1. The number of imidazole rings is 1. The summed E-state index contributed by atoms with van der Waals surface area (Å²) in [7, 11) is 0.719. The van der Waals surface area contributed by atoms with E-state index in [1.807, 2.05) is 60.4 Å². The molecule has 2 unspecified atom stereocenters. The molecule has 294 valence electrons. The van der Waals surface area contributed by atoms with Gasteiger partial charge < -0.3 is 19.4 Å². The Morgan fingerprint density at radius 3 is 2.41 bits per heavy atom. The lowest BCUT2D eigenvalue weighted by atomic mass is 9.98. The number of nitrogens with zero attached hydrogens (tertiary/aromatic N) is 5. The smallest absolute Gasteiger partial charge is 0.251 e. The SMILES string of the molecule is CCCCOCCOc1ccc(C2=CC=C(C(=O)Nc3ccc(S(=O)Cc4cncn4CCC)cc3)CCC[N+]2(Cc2ccccc2)Cc2cnn(C)c2)cc1. The van der Waals surface area contributed by atoms with Crippen molar-refractivity contribution in [1.82, 2.24) is 19.3 Å². The fraction of sp³-hybridized carbons (Fsp3) is 0.356. The fourth-order valence-corrected chi connectivity index (χ4v) is 8.33. The Labute approximate surface area is 333 Å². The highest BCUT2D eigenvalue weighted by Crippen LogP contribution is 2.37. The van der Waals surface area contributed by atoms with E-state index < -0.39 is 10.8 Å². The second-order valence-corrected chi connectivity index (χ2v) is 15.9. The standard InChI is InChI=1S/C45H54N6O4S/c1-4-6-26-54-27-28-55-42-19-14-38(15-20-42)44-23-16-39(13-10-25-51(44,32-36-11-8-7-9-12-36)33-37-29-47-49(3)31-37)45(52)48-40-17-21-43(22-18-40)56(53)34-41-30-46-35-50(41)24-5-2/h7-9,11-12,14-23,29-31,35H,4-6,10,13,24-28,32-34H2,1-3H3/p+1. The normalized spacial score (nSPS) is 16.3. The molecule has 1 aliphatic rings. The van der Waals surface area contributed by atoms with Crippen LogP contribution in [0.25, 0.3) is 5.70 Å². The zero-order valence-electron chi connectivity index (χ0n) is 32.9. The van der Waals surface area contributed by atoms with Crippen molar-refractivity contribution in [3.63, 3.8) is 0 Å². The molecule has 3 aromatic carbocycles. The molecule has 2 aromatic heterocycles. The van der Waals surface area contributed by atoms with E-state index in [4.69, 9.17) is 9.47 Å². The van der Waals surface area contributed by atoms with Crippen molar-refractivity contribution in [2.75, 3.05) is 31.7 Å². The van der Waals surface area contributed by atoms with Crippen LogP contribution in [0.2, 0.25) is 0 Å². The van der Waals surface area contributed by atoms with Gasteiger partial charge in [0.1, 0.15) is 31.1 Å². The van der Waals surface area contributed by atoms with Crippen LogP contribution in [-0.4, -0.2) is 60.3 Å². The van der Waals surface area contributed by atoms with Gasteiger partial charge in [-0.1, -0.05) is 50.6 Å². The van der Waals surface area contributed by atoms with E-state index in [1.54, 1.807) is 12.5 Å². The maximum absolute atomic E-state index is 13.9. The Balaban J connectivity index is 1.26. The minimum atomic E-state index is -1.23. The quantitative estimate of drug-likeness (QED) is 0.0668. The molecule has 0 radical (unpaired) electrons. The summed E-state index contributed by atoms with van der Waals surface area (Å²) in [6.45, 7) is 9.24. The average molecular weight is 776 g/mol. The van der Waals surface area contributed by atoms with Crippen molar-refractivity contribution < 1.29 is 23.0 Å². The Kier molecular flexibility index (Phi) is 14.6. The van der Waals surface area contributed by atoms with Crippen molar-refractivity contribution >= 4 is 28.1 Å². The number of allylic oxidation sites excluding steroid dienone is 2.